The maximum atomic E-state index is 5.30. The van der Waals surface area contributed by atoms with E-state index in [0.29, 0.717) is 11.6 Å². The first-order valence-electron chi connectivity index (χ1n) is 16.8. The summed E-state index contributed by atoms with van der Waals surface area (Å²) in [5, 5.41) is 8.93. The van der Waals surface area contributed by atoms with Gasteiger partial charge in [0.1, 0.15) is 11.0 Å². The van der Waals surface area contributed by atoms with Gasteiger partial charge >= 0.3 is 0 Å². The quantitative estimate of drug-likeness (QED) is 0.180. The van der Waals surface area contributed by atoms with Gasteiger partial charge in [0.25, 0.3) is 0 Å². The fourth-order valence-corrected chi connectivity index (χ4v) is 7.35. The van der Waals surface area contributed by atoms with E-state index < -0.39 is 0 Å². The first-order chi connectivity index (χ1) is 24.8. The van der Waals surface area contributed by atoms with Gasteiger partial charge in [0, 0.05) is 45.1 Å². The summed E-state index contributed by atoms with van der Waals surface area (Å²) < 4.78 is 0. The number of rotatable bonds is 4. The molecule has 4 nitrogen and oxygen atoms in total. The molecular formula is C46H28N4. The fourth-order valence-electron chi connectivity index (χ4n) is 7.35. The third-order valence-electron chi connectivity index (χ3n) is 9.77. The number of hydrogen-bond donors (Lipinski definition) is 0. The van der Waals surface area contributed by atoms with Crippen LogP contribution in [0.3, 0.4) is 0 Å². The normalized spacial score (nSPS) is 11.6. The van der Waals surface area contributed by atoms with Gasteiger partial charge in [-0.3, -0.25) is 0 Å². The van der Waals surface area contributed by atoms with Crippen LogP contribution in [0.15, 0.2) is 170 Å². The summed E-state index contributed by atoms with van der Waals surface area (Å²) in [6.45, 7) is 0. The predicted octanol–water partition coefficient (Wildman–Crippen LogP) is 11.7. The highest BCUT2D eigenvalue weighted by atomic mass is 14.9. The van der Waals surface area contributed by atoms with E-state index in [-0.39, 0.29) is 0 Å². The molecule has 0 N–H and O–H groups in total. The second-order valence-corrected chi connectivity index (χ2v) is 12.6. The molecule has 2 heterocycles. The van der Waals surface area contributed by atoms with E-state index in [1.54, 1.807) is 0 Å². The van der Waals surface area contributed by atoms with Gasteiger partial charge in [0.2, 0.25) is 0 Å². The molecule has 0 bridgehead atoms. The highest BCUT2D eigenvalue weighted by Crippen LogP contribution is 2.43. The zero-order valence-electron chi connectivity index (χ0n) is 27.0. The SMILES string of the molecule is c1ccc(-c2ccc(-c3ncc4c(n3)c3nc(-c5ccc(-c6ccccc6)cc5)ncc3c3c5ccccc5c5ccccc5c43)cc2)cc1. The maximum Gasteiger partial charge on any atom is 0.159 e. The average Bonchev–Trinajstić information content (AvgIpc) is 3.21. The first-order valence-corrected chi connectivity index (χ1v) is 16.8. The van der Waals surface area contributed by atoms with E-state index >= 15 is 0 Å². The summed E-state index contributed by atoms with van der Waals surface area (Å²) >= 11 is 0. The van der Waals surface area contributed by atoms with E-state index in [9.17, 15) is 0 Å². The fraction of sp³-hybridized carbons (Fsp3) is 0. The monoisotopic (exact) mass is 636 g/mol. The molecule has 0 saturated heterocycles. The third-order valence-corrected chi connectivity index (χ3v) is 9.77. The van der Waals surface area contributed by atoms with Crippen LogP contribution in [0.1, 0.15) is 0 Å². The number of aromatic nitrogens is 4. The van der Waals surface area contributed by atoms with Crippen molar-refractivity contribution in [2.75, 3.05) is 0 Å². The Kier molecular flexibility index (Phi) is 6.46. The lowest BCUT2D eigenvalue weighted by molar-refractivity contribution is 1.21. The number of benzene rings is 8. The average molecular weight is 637 g/mol. The van der Waals surface area contributed by atoms with Crippen molar-refractivity contribution in [1.82, 2.24) is 19.9 Å². The lowest BCUT2D eigenvalue weighted by Crippen LogP contribution is -1.97. The van der Waals surface area contributed by atoms with Crippen LogP contribution >= 0.6 is 0 Å². The molecule has 0 fully saturated rings. The van der Waals surface area contributed by atoms with Crippen LogP contribution in [0.25, 0.3) is 99.2 Å². The number of fused-ring (bicyclic) bond motifs is 11. The van der Waals surface area contributed by atoms with Crippen LogP contribution in [-0.4, -0.2) is 19.9 Å². The van der Waals surface area contributed by atoms with Crippen molar-refractivity contribution in [3.05, 3.63) is 170 Å². The van der Waals surface area contributed by atoms with Crippen LogP contribution in [0.2, 0.25) is 0 Å². The Morgan fingerprint density at radius 1 is 0.260 bits per heavy atom. The van der Waals surface area contributed by atoms with Crippen LogP contribution in [0.4, 0.5) is 0 Å². The van der Waals surface area contributed by atoms with Crippen molar-refractivity contribution in [1.29, 1.82) is 0 Å². The Bertz CT molecular complexity index is 2680. The Labute approximate surface area is 288 Å². The minimum absolute atomic E-state index is 0.662. The van der Waals surface area contributed by atoms with Crippen molar-refractivity contribution < 1.29 is 0 Å². The van der Waals surface area contributed by atoms with Crippen molar-refractivity contribution in [3.8, 4) is 45.0 Å². The Hall–Kier alpha value is -6.78. The van der Waals surface area contributed by atoms with E-state index in [1.165, 1.54) is 21.9 Å². The summed E-state index contributed by atoms with van der Waals surface area (Å²) in [5.74, 6) is 1.32. The molecule has 0 amide bonds. The van der Waals surface area contributed by atoms with Gasteiger partial charge in [-0.2, -0.15) is 0 Å². The summed E-state index contributed by atoms with van der Waals surface area (Å²) in [6, 6.07) is 55.0. The van der Waals surface area contributed by atoms with Gasteiger partial charge in [-0.1, -0.05) is 158 Å². The lowest BCUT2D eigenvalue weighted by atomic mass is 9.90. The highest BCUT2D eigenvalue weighted by molar-refractivity contribution is 6.38. The van der Waals surface area contributed by atoms with E-state index in [1.807, 2.05) is 24.5 Å². The van der Waals surface area contributed by atoms with Gasteiger partial charge < -0.3 is 0 Å². The molecular weight excluding hydrogens is 609 g/mol. The molecule has 0 aliphatic carbocycles. The lowest BCUT2D eigenvalue weighted by Gasteiger charge is -2.16. The van der Waals surface area contributed by atoms with Gasteiger partial charge in [0.15, 0.2) is 11.6 Å². The molecule has 4 heteroatoms. The van der Waals surface area contributed by atoms with Crippen LogP contribution in [0, 0.1) is 0 Å². The molecule has 50 heavy (non-hydrogen) atoms. The molecule has 0 aliphatic heterocycles. The van der Waals surface area contributed by atoms with E-state index in [0.717, 1.165) is 65.6 Å². The summed E-state index contributed by atoms with van der Waals surface area (Å²) in [6.07, 6.45) is 3.98. The predicted molar refractivity (Wildman–Crippen MR) is 207 cm³/mol. The standard InChI is InChI=1S/C46H28N4/c1-3-11-29(12-4-1)31-19-23-33(24-20-31)45-47-27-39-41-37-17-9-7-15-35(37)36-16-8-10-18-38(36)42(41)40-28-48-46(50-44(40)43(39)49-45)34-25-21-32(22-26-34)30-13-5-2-6-14-30/h1-28H. The number of nitrogens with zero attached hydrogens (tertiary/aromatic N) is 4. The molecule has 10 rings (SSSR count). The van der Waals surface area contributed by atoms with E-state index in [4.69, 9.17) is 19.9 Å². The molecule has 0 saturated carbocycles. The Balaban J connectivity index is 1.24. The highest BCUT2D eigenvalue weighted by Gasteiger charge is 2.19. The minimum atomic E-state index is 0.662. The second kappa shape index (κ2) is 11.4. The Morgan fingerprint density at radius 3 is 0.980 bits per heavy atom. The topological polar surface area (TPSA) is 51.6 Å². The van der Waals surface area contributed by atoms with Crippen LogP contribution < -0.4 is 0 Å². The van der Waals surface area contributed by atoms with Crippen molar-refractivity contribution in [3.63, 3.8) is 0 Å². The molecule has 8 aromatic carbocycles. The molecule has 0 spiro atoms. The minimum Gasteiger partial charge on any atom is -0.236 e. The second-order valence-electron chi connectivity index (χ2n) is 12.6. The molecule has 0 radical (unpaired) electrons. The Morgan fingerprint density at radius 2 is 0.580 bits per heavy atom. The van der Waals surface area contributed by atoms with Crippen molar-refractivity contribution in [2.45, 2.75) is 0 Å². The van der Waals surface area contributed by atoms with Gasteiger partial charge in [-0.25, -0.2) is 19.9 Å². The van der Waals surface area contributed by atoms with Gasteiger partial charge in [-0.05, 0) is 43.8 Å². The largest absolute Gasteiger partial charge is 0.236 e. The zero-order chi connectivity index (χ0) is 33.0. The smallest absolute Gasteiger partial charge is 0.159 e. The molecule has 0 atom stereocenters. The summed E-state index contributed by atoms with van der Waals surface area (Å²) in [7, 11) is 0. The van der Waals surface area contributed by atoms with Crippen LogP contribution in [0.5, 0.6) is 0 Å². The molecule has 2 aromatic heterocycles. The molecule has 232 valence electrons. The van der Waals surface area contributed by atoms with Crippen molar-refractivity contribution >= 4 is 54.1 Å². The maximum absolute atomic E-state index is 5.30. The van der Waals surface area contributed by atoms with Gasteiger partial charge in [-0.15, -0.1) is 0 Å². The van der Waals surface area contributed by atoms with Crippen molar-refractivity contribution in [2.24, 2.45) is 0 Å². The summed E-state index contributed by atoms with van der Waals surface area (Å²) in [4.78, 5) is 20.6. The number of hydrogen-bond acceptors (Lipinski definition) is 4. The first kappa shape index (κ1) is 28.3. The van der Waals surface area contributed by atoms with Crippen LogP contribution in [-0.2, 0) is 0 Å². The molecule has 10 aromatic rings. The molecule has 0 aliphatic rings. The third kappa shape index (κ3) is 4.54. The zero-order valence-corrected chi connectivity index (χ0v) is 27.0. The summed E-state index contributed by atoms with van der Waals surface area (Å²) in [5.41, 5.74) is 8.19. The van der Waals surface area contributed by atoms with Gasteiger partial charge in [0.05, 0.1) is 0 Å². The molecule has 0 unspecified atom stereocenters. The van der Waals surface area contributed by atoms with E-state index in [2.05, 4.69) is 146 Å².